The summed E-state index contributed by atoms with van der Waals surface area (Å²) >= 11 is 0. The maximum atomic E-state index is 11.1. The molecule has 0 amide bonds. The standard InChI is InChI=1S/C24H35NO2/c1-3-20-6-10-23(11-7-20)27-24-12-8-21(9-13-24)22-14-17-25(18-15-22)16-4-5-19(2)26/h8-9,12-14,20,23H,3-7,10-11,15-18H2,1-2H3. The van der Waals surface area contributed by atoms with Gasteiger partial charge in [0.2, 0.25) is 0 Å². The highest BCUT2D eigenvalue weighted by molar-refractivity contribution is 5.75. The van der Waals surface area contributed by atoms with E-state index in [1.807, 2.05) is 0 Å². The summed E-state index contributed by atoms with van der Waals surface area (Å²) in [6.45, 7) is 7.08. The molecule has 1 fully saturated rings. The Hall–Kier alpha value is -1.61. The minimum atomic E-state index is 0.295. The maximum Gasteiger partial charge on any atom is 0.129 e. The third kappa shape index (κ3) is 6.21. The summed E-state index contributed by atoms with van der Waals surface area (Å²) < 4.78 is 6.22. The Labute approximate surface area is 164 Å². The Bertz CT molecular complexity index is 626. The molecule has 0 atom stereocenters. The molecule has 27 heavy (non-hydrogen) atoms. The smallest absolute Gasteiger partial charge is 0.129 e. The molecule has 1 heterocycles. The molecule has 2 aliphatic rings. The molecule has 3 rings (SSSR count). The number of nitrogens with zero attached hydrogens (tertiary/aromatic N) is 1. The van der Waals surface area contributed by atoms with Gasteiger partial charge in [0.25, 0.3) is 0 Å². The fourth-order valence-electron chi connectivity index (χ4n) is 4.33. The van der Waals surface area contributed by atoms with Crippen LogP contribution >= 0.6 is 0 Å². The average Bonchev–Trinajstić information content (AvgIpc) is 2.69. The molecule has 1 aliphatic heterocycles. The van der Waals surface area contributed by atoms with Gasteiger partial charge in [-0.05, 0) is 81.2 Å². The van der Waals surface area contributed by atoms with Gasteiger partial charge in [-0.1, -0.05) is 31.6 Å². The van der Waals surface area contributed by atoms with Crippen molar-refractivity contribution in [2.45, 2.75) is 71.3 Å². The van der Waals surface area contributed by atoms with E-state index in [1.54, 1.807) is 6.92 Å². The molecule has 0 radical (unpaired) electrons. The summed E-state index contributed by atoms with van der Waals surface area (Å²) in [5.74, 6) is 2.22. The Balaban J connectivity index is 1.46. The molecule has 148 valence electrons. The first-order valence-electron chi connectivity index (χ1n) is 10.8. The highest BCUT2D eigenvalue weighted by Crippen LogP contribution is 2.30. The van der Waals surface area contributed by atoms with E-state index in [-0.39, 0.29) is 0 Å². The normalized spacial score (nSPS) is 23.7. The number of carbonyl (C=O) groups is 1. The number of Topliss-reactive ketones (excluding diaryl/α,β-unsaturated/α-hetero) is 1. The fraction of sp³-hybridized carbons (Fsp3) is 0.625. The van der Waals surface area contributed by atoms with E-state index in [0.29, 0.717) is 18.3 Å². The van der Waals surface area contributed by atoms with Gasteiger partial charge in [-0.3, -0.25) is 4.90 Å². The van der Waals surface area contributed by atoms with E-state index >= 15 is 0 Å². The van der Waals surface area contributed by atoms with Crippen molar-refractivity contribution in [2.24, 2.45) is 5.92 Å². The number of carbonyl (C=O) groups excluding carboxylic acids is 1. The number of benzene rings is 1. The zero-order valence-corrected chi connectivity index (χ0v) is 17.1. The van der Waals surface area contributed by atoms with Gasteiger partial charge in [0.05, 0.1) is 6.10 Å². The van der Waals surface area contributed by atoms with Gasteiger partial charge in [0.1, 0.15) is 11.5 Å². The minimum absolute atomic E-state index is 0.295. The van der Waals surface area contributed by atoms with Crippen molar-refractivity contribution >= 4 is 11.4 Å². The molecule has 1 saturated carbocycles. The van der Waals surface area contributed by atoms with Gasteiger partial charge in [0.15, 0.2) is 0 Å². The topological polar surface area (TPSA) is 29.5 Å². The third-order valence-electron chi connectivity index (χ3n) is 6.20. The number of ketones is 1. The van der Waals surface area contributed by atoms with Crippen LogP contribution in [0.15, 0.2) is 30.3 Å². The van der Waals surface area contributed by atoms with Gasteiger partial charge in [0, 0.05) is 19.5 Å². The van der Waals surface area contributed by atoms with Crippen LogP contribution in [-0.4, -0.2) is 36.4 Å². The summed E-state index contributed by atoms with van der Waals surface area (Å²) in [5, 5.41) is 0. The average molecular weight is 370 g/mol. The van der Waals surface area contributed by atoms with Crippen LogP contribution in [0.5, 0.6) is 5.75 Å². The first-order valence-corrected chi connectivity index (χ1v) is 10.8. The van der Waals surface area contributed by atoms with Crippen molar-refractivity contribution in [3.63, 3.8) is 0 Å². The number of hydrogen-bond donors (Lipinski definition) is 0. The van der Waals surface area contributed by atoms with Crippen LogP contribution in [0.25, 0.3) is 5.57 Å². The lowest BCUT2D eigenvalue weighted by molar-refractivity contribution is -0.117. The predicted molar refractivity (Wildman–Crippen MR) is 112 cm³/mol. The Kier molecular flexibility index (Phi) is 7.51. The zero-order chi connectivity index (χ0) is 19.1. The number of hydrogen-bond acceptors (Lipinski definition) is 3. The summed E-state index contributed by atoms with van der Waals surface area (Å²) in [4.78, 5) is 13.5. The lowest BCUT2D eigenvalue weighted by atomic mass is 9.86. The van der Waals surface area contributed by atoms with E-state index in [0.717, 1.165) is 44.1 Å². The predicted octanol–water partition coefficient (Wildman–Crippen LogP) is 5.49. The number of rotatable bonds is 8. The van der Waals surface area contributed by atoms with E-state index in [4.69, 9.17) is 4.74 Å². The summed E-state index contributed by atoms with van der Waals surface area (Å²) in [7, 11) is 0. The van der Waals surface area contributed by atoms with Gasteiger partial charge in [-0.15, -0.1) is 0 Å². The summed E-state index contributed by atoms with van der Waals surface area (Å²) in [6.07, 6.45) is 11.8. The van der Waals surface area contributed by atoms with E-state index in [2.05, 4.69) is 42.2 Å². The van der Waals surface area contributed by atoms with Crippen molar-refractivity contribution in [2.75, 3.05) is 19.6 Å². The van der Waals surface area contributed by atoms with Crippen molar-refractivity contribution in [3.05, 3.63) is 35.9 Å². The molecule has 3 nitrogen and oxygen atoms in total. The molecule has 0 saturated heterocycles. The highest BCUT2D eigenvalue weighted by Gasteiger charge is 2.21. The minimum Gasteiger partial charge on any atom is -0.490 e. The van der Waals surface area contributed by atoms with Gasteiger partial charge < -0.3 is 9.53 Å². The Morgan fingerprint density at radius 3 is 2.48 bits per heavy atom. The van der Waals surface area contributed by atoms with Gasteiger partial charge >= 0.3 is 0 Å². The van der Waals surface area contributed by atoms with Crippen molar-refractivity contribution in [1.29, 1.82) is 0 Å². The SMILES string of the molecule is CCC1CCC(Oc2ccc(C3=CCN(CCCC(C)=O)CC3)cc2)CC1. The molecule has 1 aromatic rings. The second kappa shape index (κ2) is 10.1. The van der Waals surface area contributed by atoms with E-state index < -0.39 is 0 Å². The van der Waals surface area contributed by atoms with Crippen molar-refractivity contribution < 1.29 is 9.53 Å². The van der Waals surface area contributed by atoms with Crippen molar-refractivity contribution in [3.8, 4) is 5.75 Å². The van der Waals surface area contributed by atoms with Gasteiger partial charge in [-0.2, -0.15) is 0 Å². The van der Waals surface area contributed by atoms with E-state index in [9.17, 15) is 4.79 Å². The van der Waals surface area contributed by atoms with Crippen LogP contribution in [0.4, 0.5) is 0 Å². The zero-order valence-electron chi connectivity index (χ0n) is 17.1. The van der Waals surface area contributed by atoms with Crippen LogP contribution < -0.4 is 4.74 Å². The molecular weight excluding hydrogens is 334 g/mol. The van der Waals surface area contributed by atoms with Crippen LogP contribution in [0.1, 0.15) is 70.8 Å². The largest absolute Gasteiger partial charge is 0.490 e. The molecule has 3 heteroatoms. The molecule has 0 bridgehead atoms. The lowest BCUT2D eigenvalue weighted by Gasteiger charge is -2.28. The first kappa shape index (κ1) is 20.1. The van der Waals surface area contributed by atoms with Crippen LogP contribution in [0, 0.1) is 5.92 Å². The first-order chi connectivity index (χ1) is 13.1. The molecule has 0 spiro atoms. The monoisotopic (exact) mass is 369 g/mol. The molecule has 0 N–H and O–H groups in total. The molecule has 0 unspecified atom stereocenters. The lowest BCUT2D eigenvalue weighted by Crippen LogP contribution is -2.29. The molecule has 1 aliphatic carbocycles. The summed E-state index contributed by atoms with van der Waals surface area (Å²) in [6, 6.07) is 8.71. The number of ether oxygens (including phenoxy) is 1. The van der Waals surface area contributed by atoms with Crippen LogP contribution in [0.3, 0.4) is 0 Å². The molecule has 1 aromatic carbocycles. The Morgan fingerprint density at radius 1 is 1.15 bits per heavy atom. The third-order valence-corrected chi connectivity index (χ3v) is 6.20. The fourth-order valence-corrected chi connectivity index (χ4v) is 4.33. The van der Waals surface area contributed by atoms with Crippen molar-refractivity contribution in [1.82, 2.24) is 4.90 Å². The van der Waals surface area contributed by atoms with E-state index in [1.165, 1.54) is 43.2 Å². The van der Waals surface area contributed by atoms with Crippen LogP contribution in [-0.2, 0) is 4.79 Å². The van der Waals surface area contributed by atoms with Gasteiger partial charge in [-0.25, -0.2) is 0 Å². The maximum absolute atomic E-state index is 11.1. The molecule has 0 aromatic heterocycles. The van der Waals surface area contributed by atoms with Crippen LogP contribution in [0.2, 0.25) is 0 Å². The second-order valence-electron chi connectivity index (χ2n) is 8.28. The highest BCUT2D eigenvalue weighted by atomic mass is 16.5. The quantitative estimate of drug-likeness (QED) is 0.606. The Morgan fingerprint density at radius 2 is 1.89 bits per heavy atom. The summed E-state index contributed by atoms with van der Waals surface area (Å²) in [5.41, 5.74) is 2.76. The second-order valence-corrected chi connectivity index (χ2v) is 8.28. The molecular formula is C24H35NO2.